The maximum absolute atomic E-state index is 12.5. The van der Waals surface area contributed by atoms with Crippen LogP contribution in [0.1, 0.15) is 11.4 Å². The van der Waals surface area contributed by atoms with Gasteiger partial charge < -0.3 is 14.9 Å². The number of rotatable bonds is 4. The fraction of sp³-hybridized carbons (Fsp3) is 0.333. The Bertz CT molecular complexity index is 461. The van der Waals surface area contributed by atoms with Crippen LogP contribution in [0, 0.1) is 0 Å². The monoisotopic (exact) mass is 269 g/mol. The van der Waals surface area contributed by atoms with Crippen LogP contribution in [0.4, 0.5) is 17.6 Å². The third kappa shape index (κ3) is 3.75. The largest absolute Gasteiger partial charge is 0.573 e. The van der Waals surface area contributed by atoms with Crippen molar-refractivity contribution in [1.82, 2.24) is 4.98 Å². The van der Waals surface area contributed by atoms with E-state index >= 15 is 0 Å². The number of nitrogens with zero attached hydrogens (tertiary/aromatic N) is 1. The van der Waals surface area contributed by atoms with Crippen LogP contribution in [0.2, 0.25) is 0 Å². The molecule has 0 aliphatic heterocycles. The van der Waals surface area contributed by atoms with Crippen LogP contribution in [0.5, 0.6) is 11.5 Å². The summed E-state index contributed by atoms with van der Waals surface area (Å²) >= 11 is 0. The summed E-state index contributed by atoms with van der Waals surface area (Å²) < 4.78 is 51.8. The average Bonchev–Trinajstić information content (AvgIpc) is 2.19. The molecule has 5 nitrogen and oxygen atoms in total. The molecule has 1 aromatic heterocycles. The molecule has 0 saturated carbocycles. The van der Waals surface area contributed by atoms with E-state index in [1.54, 1.807) is 0 Å². The predicted octanol–water partition coefficient (Wildman–Crippen LogP) is 1.78. The summed E-state index contributed by atoms with van der Waals surface area (Å²) in [5.41, 5.74) is -1.17. The zero-order valence-electron chi connectivity index (χ0n) is 8.66. The first-order valence-electron chi connectivity index (χ1n) is 4.48. The van der Waals surface area contributed by atoms with Gasteiger partial charge in [0.05, 0.1) is 12.1 Å². The number of alkyl halides is 4. The first-order valence-corrected chi connectivity index (χ1v) is 4.48. The zero-order valence-corrected chi connectivity index (χ0v) is 8.66. The Kier molecular flexibility index (Phi) is 3.94. The summed E-state index contributed by atoms with van der Waals surface area (Å²) in [6.07, 6.45) is -5.81. The second-order valence-electron chi connectivity index (χ2n) is 3.15. The van der Waals surface area contributed by atoms with Gasteiger partial charge in [0, 0.05) is 6.07 Å². The Hall–Kier alpha value is -2.06. The molecule has 0 spiro atoms. The van der Waals surface area contributed by atoms with Crippen molar-refractivity contribution in [3.05, 3.63) is 17.5 Å². The number of carboxylic acids is 1. The highest BCUT2D eigenvalue weighted by Crippen LogP contribution is 2.31. The standard InChI is InChI=1S/C9H7F4NO4/c10-3-5-7(18-9(11,12)13)2-6(15)4(14-5)1-8(16)17/h2,15H,1,3H2,(H,16,17). The summed E-state index contributed by atoms with van der Waals surface area (Å²) in [5.74, 6) is -3.18. The minimum Gasteiger partial charge on any atom is -0.506 e. The van der Waals surface area contributed by atoms with E-state index < -0.39 is 48.3 Å². The number of hydrogen-bond acceptors (Lipinski definition) is 4. The van der Waals surface area contributed by atoms with Gasteiger partial charge >= 0.3 is 12.3 Å². The molecule has 0 amide bonds. The Balaban J connectivity index is 3.14. The van der Waals surface area contributed by atoms with Crippen molar-refractivity contribution >= 4 is 5.97 Å². The summed E-state index contributed by atoms with van der Waals surface area (Å²) in [6, 6.07) is 0.480. The van der Waals surface area contributed by atoms with Crippen molar-refractivity contribution in [2.45, 2.75) is 19.5 Å². The Morgan fingerprint density at radius 1 is 1.39 bits per heavy atom. The van der Waals surface area contributed by atoms with Gasteiger partial charge in [-0.2, -0.15) is 0 Å². The molecule has 0 bridgehead atoms. The number of halogens is 4. The molecule has 2 N–H and O–H groups in total. The van der Waals surface area contributed by atoms with E-state index in [4.69, 9.17) is 5.11 Å². The normalized spacial score (nSPS) is 11.3. The van der Waals surface area contributed by atoms with Gasteiger partial charge in [0.1, 0.15) is 18.1 Å². The molecule has 0 aromatic carbocycles. The lowest BCUT2D eigenvalue weighted by Crippen LogP contribution is -2.19. The molecule has 0 unspecified atom stereocenters. The van der Waals surface area contributed by atoms with E-state index in [0.29, 0.717) is 6.07 Å². The van der Waals surface area contributed by atoms with Gasteiger partial charge in [-0.1, -0.05) is 0 Å². The van der Waals surface area contributed by atoms with Crippen LogP contribution in [-0.2, 0) is 17.9 Å². The quantitative estimate of drug-likeness (QED) is 0.814. The molecule has 0 radical (unpaired) electrons. The Morgan fingerprint density at radius 3 is 2.44 bits per heavy atom. The van der Waals surface area contributed by atoms with Crippen LogP contribution in [0.3, 0.4) is 0 Å². The van der Waals surface area contributed by atoms with Gasteiger partial charge in [0.15, 0.2) is 5.75 Å². The van der Waals surface area contributed by atoms with Gasteiger partial charge in [-0.25, -0.2) is 9.37 Å². The van der Waals surface area contributed by atoms with E-state index in [2.05, 4.69) is 9.72 Å². The van der Waals surface area contributed by atoms with E-state index in [0.717, 1.165) is 0 Å². The summed E-state index contributed by atoms with van der Waals surface area (Å²) in [5, 5.41) is 17.7. The van der Waals surface area contributed by atoms with Crippen LogP contribution >= 0.6 is 0 Å². The van der Waals surface area contributed by atoms with Crippen LogP contribution in [0.15, 0.2) is 6.07 Å². The summed E-state index contributed by atoms with van der Waals surface area (Å²) in [7, 11) is 0. The molecular weight excluding hydrogens is 262 g/mol. The lowest BCUT2D eigenvalue weighted by molar-refractivity contribution is -0.275. The molecule has 1 rings (SSSR count). The fourth-order valence-corrected chi connectivity index (χ4v) is 1.15. The zero-order chi connectivity index (χ0) is 13.9. The van der Waals surface area contributed by atoms with Gasteiger partial charge in [0.25, 0.3) is 0 Å². The average molecular weight is 269 g/mol. The third-order valence-corrected chi connectivity index (χ3v) is 1.79. The SMILES string of the molecule is O=C(O)Cc1nc(CF)c(OC(F)(F)F)cc1O. The molecule has 0 atom stereocenters. The summed E-state index contributed by atoms with van der Waals surface area (Å²) in [6.45, 7) is -1.39. The molecule has 1 aromatic rings. The fourth-order valence-electron chi connectivity index (χ4n) is 1.15. The topological polar surface area (TPSA) is 79.7 Å². The number of pyridine rings is 1. The molecule has 0 fully saturated rings. The molecule has 18 heavy (non-hydrogen) atoms. The minimum atomic E-state index is -5.06. The van der Waals surface area contributed by atoms with E-state index in [9.17, 15) is 27.5 Å². The maximum Gasteiger partial charge on any atom is 0.573 e. The predicted molar refractivity (Wildman–Crippen MR) is 48.7 cm³/mol. The van der Waals surface area contributed by atoms with E-state index in [-0.39, 0.29) is 0 Å². The van der Waals surface area contributed by atoms with Crippen molar-refractivity contribution in [1.29, 1.82) is 0 Å². The molecule has 0 aliphatic rings. The van der Waals surface area contributed by atoms with Crippen molar-refractivity contribution in [2.24, 2.45) is 0 Å². The molecule has 9 heteroatoms. The number of hydrogen-bond donors (Lipinski definition) is 2. The van der Waals surface area contributed by atoms with E-state index in [1.807, 2.05) is 0 Å². The van der Waals surface area contributed by atoms with E-state index in [1.165, 1.54) is 0 Å². The number of ether oxygens (including phenoxy) is 1. The highest BCUT2D eigenvalue weighted by molar-refractivity contribution is 5.70. The second kappa shape index (κ2) is 5.07. The first-order chi connectivity index (χ1) is 8.23. The van der Waals surface area contributed by atoms with Crippen LogP contribution < -0.4 is 4.74 Å². The summed E-state index contributed by atoms with van der Waals surface area (Å²) in [4.78, 5) is 13.7. The Morgan fingerprint density at radius 2 is 2.00 bits per heavy atom. The van der Waals surface area contributed by atoms with Crippen molar-refractivity contribution < 1.29 is 37.3 Å². The molecule has 1 heterocycles. The lowest BCUT2D eigenvalue weighted by Gasteiger charge is -2.12. The number of carboxylic acid groups (broad SMARTS) is 1. The van der Waals surface area contributed by atoms with Crippen molar-refractivity contribution in [2.75, 3.05) is 0 Å². The molecule has 100 valence electrons. The number of aliphatic carboxylic acids is 1. The first kappa shape index (κ1) is 14.0. The number of carbonyl (C=O) groups is 1. The van der Waals surface area contributed by atoms with Crippen LogP contribution in [-0.4, -0.2) is 27.5 Å². The molecule has 0 saturated heterocycles. The second-order valence-corrected chi connectivity index (χ2v) is 3.15. The van der Waals surface area contributed by atoms with Gasteiger partial charge in [0.2, 0.25) is 0 Å². The number of aromatic hydroxyl groups is 1. The van der Waals surface area contributed by atoms with Crippen LogP contribution in [0.25, 0.3) is 0 Å². The molecular formula is C9H7F4NO4. The molecule has 0 aliphatic carbocycles. The highest BCUT2D eigenvalue weighted by atomic mass is 19.4. The lowest BCUT2D eigenvalue weighted by atomic mass is 10.2. The number of aromatic nitrogens is 1. The van der Waals surface area contributed by atoms with Crippen molar-refractivity contribution in [3.8, 4) is 11.5 Å². The van der Waals surface area contributed by atoms with Gasteiger partial charge in [-0.15, -0.1) is 13.2 Å². The van der Waals surface area contributed by atoms with Crippen molar-refractivity contribution in [3.63, 3.8) is 0 Å². The smallest absolute Gasteiger partial charge is 0.506 e. The Labute approximate surface area is 97.6 Å². The third-order valence-electron chi connectivity index (χ3n) is 1.79. The van der Waals surface area contributed by atoms with Gasteiger partial charge in [-0.3, -0.25) is 4.79 Å². The maximum atomic E-state index is 12.5. The minimum absolute atomic E-state index is 0.440. The highest BCUT2D eigenvalue weighted by Gasteiger charge is 2.33. The van der Waals surface area contributed by atoms with Gasteiger partial charge in [-0.05, 0) is 0 Å².